The van der Waals surface area contributed by atoms with E-state index in [0.717, 1.165) is 11.1 Å². The number of carbonyl (C=O) groups is 3. The van der Waals surface area contributed by atoms with Crippen molar-refractivity contribution in [3.05, 3.63) is 65.7 Å². The van der Waals surface area contributed by atoms with E-state index in [4.69, 9.17) is 15.9 Å². The molecule has 3 unspecified atom stereocenters. The van der Waals surface area contributed by atoms with Crippen molar-refractivity contribution in [1.82, 2.24) is 15.5 Å². The van der Waals surface area contributed by atoms with Crippen LogP contribution in [0.5, 0.6) is 5.75 Å². The van der Waals surface area contributed by atoms with Crippen molar-refractivity contribution in [3.8, 4) is 18.1 Å². The van der Waals surface area contributed by atoms with Gasteiger partial charge in [0.05, 0.1) is 19.0 Å². The summed E-state index contributed by atoms with van der Waals surface area (Å²) in [7, 11) is 1.58. The number of aliphatic hydroxyl groups is 1. The number of hydrogen-bond acceptors (Lipinski definition) is 7. The summed E-state index contributed by atoms with van der Waals surface area (Å²) in [6.45, 7) is 3.78. The van der Waals surface area contributed by atoms with Crippen molar-refractivity contribution in [1.29, 1.82) is 0 Å². The summed E-state index contributed by atoms with van der Waals surface area (Å²) >= 11 is 1.44. The molecule has 3 amide bonds. The van der Waals surface area contributed by atoms with Crippen LogP contribution in [0.3, 0.4) is 0 Å². The van der Waals surface area contributed by atoms with E-state index in [1.807, 2.05) is 56.3 Å². The van der Waals surface area contributed by atoms with Crippen LogP contribution in [-0.2, 0) is 27.3 Å². The third kappa shape index (κ3) is 7.43. The first-order valence-corrected chi connectivity index (χ1v) is 13.1. The zero-order chi connectivity index (χ0) is 27.7. The molecule has 10 heteroatoms. The van der Waals surface area contributed by atoms with Gasteiger partial charge in [-0.05, 0) is 43.5 Å². The summed E-state index contributed by atoms with van der Waals surface area (Å²) in [4.78, 5) is 40.5. The van der Waals surface area contributed by atoms with E-state index >= 15 is 0 Å². The standard InChI is InChI=1S/C28H33N3O6S/c1-5-15-37-27(35)30-22(16-19-9-7-6-8-10-19)23(32)26(34)31-18-38-28(2,3)24(31)25(33)29-17-20-11-13-21(36-4)14-12-20/h1,6-14,22-24,32H,15-18H2,2-4H3,(H,29,33)(H,30,35). The van der Waals surface area contributed by atoms with Gasteiger partial charge >= 0.3 is 6.09 Å². The second kappa shape index (κ2) is 13.2. The van der Waals surface area contributed by atoms with Gasteiger partial charge in [0, 0.05) is 11.3 Å². The third-order valence-electron chi connectivity index (χ3n) is 6.23. The molecule has 3 atom stereocenters. The molecule has 2 aromatic carbocycles. The van der Waals surface area contributed by atoms with E-state index in [-0.39, 0.29) is 31.4 Å². The first-order valence-electron chi connectivity index (χ1n) is 12.1. The Kier molecular flexibility index (Phi) is 10.0. The predicted octanol–water partition coefficient (Wildman–Crippen LogP) is 2.32. The summed E-state index contributed by atoms with van der Waals surface area (Å²) < 4.78 is 9.46. The van der Waals surface area contributed by atoms with Gasteiger partial charge in [-0.1, -0.05) is 48.4 Å². The summed E-state index contributed by atoms with van der Waals surface area (Å²) in [5.74, 6) is 2.12. The van der Waals surface area contributed by atoms with Crippen molar-refractivity contribution >= 4 is 29.7 Å². The summed E-state index contributed by atoms with van der Waals surface area (Å²) in [6.07, 6.45) is 2.85. The lowest BCUT2D eigenvalue weighted by Gasteiger charge is -2.33. The molecule has 1 aliphatic rings. The maximum atomic E-state index is 13.6. The molecule has 3 N–H and O–H groups in total. The normalized spacial score (nSPS) is 17.6. The highest BCUT2D eigenvalue weighted by molar-refractivity contribution is 8.00. The van der Waals surface area contributed by atoms with Crippen molar-refractivity contribution in [3.63, 3.8) is 0 Å². The Balaban J connectivity index is 1.75. The van der Waals surface area contributed by atoms with E-state index in [2.05, 4.69) is 16.6 Å². The molecule has 0 saturated carbocycles. The number of alkyl carbamates (subject to hydrolysis) is 1. The van der Waals surface area contributed by atoms with Crippen LogP contribution in [0.1, 0.15) is 25.0 Å². The lowest BCUT2D eigenvalue weighted by molar-refractivity contribution is -0.147. The van der Waals surface area contributed by atoms with E-state index in [1.54, 1.807) is 19.2 Å². The molecule has 38 heavy (non-hydrogen) atoms. The van der Waals surface area contributed by atoms with Gasteiger partial charge in [0.15, 0.2) is 12.7 Å². The van der Waals surface area contributed by atoms with Gasteiger partial charge in [-0.3, -0.25) is 9.59 Å². The van der Waals surface area contributed by atoms with Gasteiger partial charge in [-0.15, -0.1) is 18.2 Å². The van der Waals surface area contributed by atoms with Crippen LogP contribution in [0.25, 0.3) is 0 Å². The number of rotatable bonds is 10. The number of terminal acetylenes is 1. The smallest absolute Gasteiger partial charge is 0.408 e. The second-order valence-electron chi connectivity index (χ2n) is 9.32. The number of aliphatic hydroxyl groups excluding tert-OH is 1. The number of thioether (sulfide) groups is 1. The van der Waals surface area contributed by atoms with Crippen LogP contribution < -0.4 is 15.4 Å². The third-order valence-corrected chi connectivity index (χ3v) is 7.60. The largest absolute Gasteiger partial charge is 0.497 e. The Morgan fingerprint density at radius 3 is 2.47 bits per heavy atom. The topological polar surface area (TPSA) is 117 Å². The van der Waals surface area contributed by atoms with Crippen molar-refractivity contribution < 1.29 is 29.0 Å². The molecule has 0 radical (unpaired) electrons. The number of benzene rings is 2. The molecule has 202 valence electrons. The molecular weight excluding hydrogens is 506 g/mol. The number of methoxy groups -OCH3 is 1. The van der Waals surface area contributed by atoms with E-state index in [9.17, 15) is 19.5 Å². The van der Waals surface area contributed by atoms with Gasteiger partial charge in [0.1, 0.15) is 11.8 Å². The molecule has 9 nitrogen and oxygen atoms in total. The van der Waals surface area contributed by atoms with Gasteiger partial charge < -0.3 is 30.1 Å². The highest BCUT2D eigenvalue weighted by atomic mass is 32.2. The zero-order valence-corrected chi connectivity index (χ0v) is 22.5. The van der Waals surface area contributed by atoms with Crippen LogP contribution in [0.4, 0.5) is 4.79 Å². The summed E-state index contributed by atoms with van der Waals surface area (Å²) in [6, 6.07) is 14.6. The molecule has 0 bridgehead atoms. The number of hydrogen-bond donors (Lipinski definition) is 3. The van der Waals surface area contributed by atoms with Gasteiger partial charge in [-0.25, -0.2) is 4.79 Å². The first-order chi connectivity index (χ1) is 18.2. The molecule has 0 aliphatic carbocycles. The molecule has 1 fully saturated rings. The summed E-state index contributed by atoms with van der Waals surface area (Å²) in [5, 5.41) is 16.6. The lowest BCUT2D eigenvalue weighted by atomic mass is 9.97. The average Bonchev–Trinajstić information content (AvgIpc) is 3.24. The molecule has 1 saturated heterocycles. The number of amides is 3. The quantitative estimate of drug-likeness (QED) is 0.397. The fourth-order valence-electron chi connectivity index (χ4n) is 4.19. The van der Waals surface area contributed by atoms with E-state index < -0.39 is 34.9 Å². The molecule has 1 heterocycles. The Morgan fingerprint density at radius 2 is 1.84 bits per heavy atom. The highest BCUT2D eigenvalue weighted by Crippen LogP contribution is 2.40. The molecule has 3 rings (SSSR count). The Hall–Kier alpha value is -3.68. The van der Waals surface area contributed by atoms with Crippen LogP contribution in [-0.4, -0.2) is 70.4 Å². The SMILES string of the molecule is C#CCOC(=O)NC(Cc1ccccc1)C(O)C(=O)N1CSC(C)(C)C1C(=O)NCc1ccc(OC)cc1. The van der Waals surface area contributed by atoms with Crippen LogP contribution in [0.15, 0.2) is 54.6 Å². The Morgan fingerprint density at radius 1 is 1.16 bits per heavy atom. The van der Waals surface area contributed by atoms with Crippen LogP contribution in [0.2, 0.25) is 0 Å². The molecule has 0 spiro atoms. The number of ether oxygens (including phenoxy) is 2. The fourth-order valence-corrected chi connectivity index (χ4v) is 5.33. The molecule has 1 aliphatic heterocycles. The molecular formula is C28H33N3O6S. The van der Waals surface area contributed by atoms with Gasteiger partial charge in [-0.2, -0.15) is 0 Å². The Bertz CT molecular complexity index is 1150. The zero-order valence-electron chi connectivity index (χ0n) is 21.7. The highest BCUT2D eigenvalue weighted by Gasteiger charge is 2.49. The Labute approximate surface area is 227 Å². The maximum Gasteiger partial charge on any atom is 0.408 e. The lowest BCUT2D eigenvalue weighted by Crippen LogP contribution is -2.58. The first kappa shape index (κ1) is 28.9. The fraction of sp³-hybridized carbons (Fsp3) is 0.393. The average molecular weight is 540 g/mol. The second-order valence-corrected chi connectivity index (χ2v) is 10.9. The van der Waals surface area contributed by atoms with Crippen molar-refractivity contribution in [2.75, 3.05) is 19.6 Å². The minimum atomic E-state index is -1.63. The van der Waals surface area contributed by atoms with Crippen molar-refractivity contribution in [2.24, 2.45) is 0 Å². The summed E-state index contributed by atoms with van der Waals surface area (Å²) in [5.41, 5.74) is 1.67. The molecule has 0 aromatic heterocycles. The van der Waals surface area contributed by atoms with Crippen LogP contribution >= 0.6 is 11.8 Å². The van der Waals surface area contributed by atoms with E-state index in [1.165, 1.54) is 16.7 Å². The monoisotopic (exact) mass is 539 g/mol. The number of carbonyl (C=O) groups excluding carboxylic acids is 3. The molecule has 2 aromatic rings. The number of nitrogens with one attached hydrogen (secondary N) is 2. The number of nitrogens with zero attached hydrogens (tertiary/aromatic N) is 1. The minimum Gasteiger partial charge on any atom is -0.497 e. The van der Waals surface area contributed by atoms with E-state index in [0.29, 0.717) is 5.75 Å². The van der Waals surface area contributed by atoms with Crippen molar-refractivity contribution in [2.45, 2.75) is 49.7 Å². The predicted molar refractivity (Wildman–Crippen MR) is 145 cm³/mol. The van der Waals surface area contributed by atoms with Crippen LogP contribution in [0, 0.1) is 12.3 Å². The van der Waals surface area contributed by atoms with Gasteiger partial charge in [0.25, 0.3) is 5.91 Å². The minimum absolute atomic E-state index is 0.164. The van der Waals surface area contributed by atoms with Gasteiger partial charge in [0.2, 0.25) is 5.91 Å². The maximum absolute atomic E-state index is 13.6.